The number of aromatic amines is 1. The van der Waals surface area contributed by atoms with Gasteiger partial charge < -0.3 is 15.8 Å². The smallest absolute Gasteiger partial charge is 0.165 e. The van der Waals surface area contributed by atoms with Gasteiger partial charge in [0.25, 0.3) is 0 Å². The molecule has 1 aliphatic rings. The Labute approximate surface area is 161 Å². The van der Waals surface area contributed by atoms with Crippen LogP contribution in [-0.2, 0) is 0 Å². The third-order valence-corrected chi connectivity index (χ3v) is 4.45. The van der Waals surface area contributed by atoms with Gasteiger partial charge in [0.15, 0.2) is 17.3 Å². The second-order valence-electron chi connectivity index (χ2n) is 6.63. The lowest BCUT2D eigenvalue weighted by molar-refractivity contribution is 0.207. The number of nitrogens with zero attached hydrogens (tertiary/aromatic N) is 6. The maximum Gasteiger partial charge on any atom is 0.165 e. The van der Waals surface area contributed by atoms with E-state index >= 15 is 0 Å². The Kier molecular flexibility index (Phi) is 4.82. The first-order valence-electron chi connectivity index (χ1n) is 8.91. The summed E-state index contributed by atoms with van der Waals surface area (Å²) in [4.78, 5) is 16.9. The fourth-order valence-corrected chi connectivity index (χ4v) is 3.09. The first-order chi connectivity index (χ1) is 13.6. The molecule has 4 rings (SSSR count). The molecule has 1 aliphatic carbocycles. The SMILES string of the molecule is Cc1ncc(O[C@@H]2CC[C@H](N)C2)c(-c2cc(Nc3cnc(C#N)cn3)n[nH]2)n1. The molecule has 4 N–H and O–H groups in total. The van der Waals surface area contributed by atoms with Gasteiger partial charge in [0, 0.05) is 12.1 Å². The van der Waals surface area contributed by atoms with Gasteiger partial charge in [-0.25, -0.2) is 19.9 Å². The van der Waals surface area contributed by atoms with Gasteiger partial charge in [0.05, 0.1) is 24.3 Å². The second-order valence-corrected chi connectivity index (χ2v) is 6.63. The normalized spacial score (nSPS) is 18.6. The molecule has 2 atom stereocenters. The molecular formula is C18H19N9O. The molecule has 3 aromatic rings. The number of nitrogens with one attached hydrogen (secondary N) is 2. The Morgan fingerprint density at radius 2 is 2.11 bits per heavy atom. The van der Waals surface area contributed by atoms with Gasteiger partial charge in [-0.1, -0.05) is 0 Å². The molecule has 3 aromatic heterocycles. The van der Waals surface area contributed by atoms with Crippen molar-refractivity contribution < 1.29 is 4.74 Å². The van der Waals surface area contributed by atoms with E-state index in [0.29, 0.717) is 34.6 Å². The predicted octanol–water partition coefficient (Wildman–Crippen LogP) is 1.84. The highest BCUT2D eigenvalue weighted by molar-refractivity contribution is 5.66. The maximum atomic E-state index is 8.79. The van der Waals surface area contributed by atoms with Crippen LogP contribution in [0.15, 0.2) is 24.7 Å². The van der Waals surface area contributed by atoms with Crippen molar-refractivity contribution in [2.45, 2.75) is 38.3 Å². The minimum atomic E-state index is 0.0643. The number of nitriles is 1. The molecule has 0 aliphatic heterocycles. The zero-order valence-corrected chi connectivity index (χ0v) is 15.3. The van der Waals surface area contributed by atoms with Gasteiger partial charge in [0.1, 0.15) is 29.5 Å². The van der Waals surface area contributed by atoms with Crippen LogP contribution in [-0.4, -0.2) is 42.3 Å². The lowest BCUT2D eigenvalue weighted by atomic mass is 10.2. The topological polar surface area (TPSA) is 151 Å². The number of rotatable bonds is 5. The Hall–Kier alpha value is -3.58. The van der Waals surface area contributed by atoms with Crippen LogP contribution in [0.25, 0.3) is 11.4 Å². The summed E-state index contributed by atoms with van der Waals surface area (Å²) in [7, 11) is 0. The first-order valence-corrected chi connectivity index (χ1v) is 8.91. The summed E-state index contributed by atoms with van der Waals surface area (Å²) in [6, 6.07) is 3.91. The van der Waals surface area contributed by atoms with Crippen molar-refractivity contribution >= 4 is 11.6 Å². The molecule has 0 spiro atoms. The Bertz CT molecular complexity index is 1010. The van der Waals surface area contributed by atoms with E-state index in [0.717, 1.165) is 19.3 Å². The highest BCUT2D eigenvalue weighted by Crippen LogP contribution is 2.31. The summed E-state index contributed by atoms with van der Waals surface area (Å²) >= 11 is 0. The van der Waals surface area contributed by atoms with Crippen molar-refractivity contribution in [3.05, 3.63) is 36.2 Å². The maximum absolute atomic E-state index is 8.79. The predicted molar refractivity (Wildman–Crippen MR) is 101 cm³/mol. The molecule has 1 saturated carbocycles. The van der Waals surface area contributed by atoms with E-state index in [1.54, 1.807) is 12.3 Å². The molecule has 0 amide bonds. The minimum absolute atomic E-state index is 0.0643. The number of hydrogen-bond donors (Lipinski definition) is 3. The molecule has 0 saturated heterocycles. The molecule has 0 unspecified atom stereocenters. The van der Waals surface area contributed by atoms with E-state index in [9.17, 15) is 0 Å². The Balaban J connectivity index is 1.55. The zero-order valence-electron chi connectivity index (χ0n) is 15.3. The van der Waals surface area contributed by atoms with Crippen molar-refractivity contribution in [3.8, 4) is 23.2 Å². The first kappa shape index (κ1) is 17.8. The van der Waals surface area contributed by atoms with Crippen molar-refractivity contribution in [1.29, 1.82) is 5.26 Å². The van der Waals surface area contributed by atoms with Gasteiger partial charge in [-0.15, -0.1) is 0 Å². The van der Waals surface area contributed by atoms with E-state index in [2.05, 4.69) is 35.5 Å². The number of ether oxygens (including phenoxy) is 1. The van der Waals surface area contributed by atoms with Crippen LogP contribution in [0, 0.1) is 18.3 Å². The van der Waals surface area contributed by atoms with Gasteiger partial charge in [-0.2, -0.15) is 10.4 Å². The number of H-pyrrole nitrogens is 1. The number of nitrogens with two attached hydrogens (primary N) is 1. The summed E-state index contributed by atoms with van der Waals surface area (Å²) in [5.41, 5.74) is 7.56. The summed E-state index contributed by atoms with van der Waals surface area (Å²) in [5.74, 6) is 2.25. The summed E-state index contributed by atoms with van der Waals surface area (Å²) in [5, 5.41) is 19.0. The van der Waals surface area contributed by atoms with Gasteiger partial charge in [0.2, 0.25) is 0 Å². The molecule has 10 nitrogen and oxygen atoms in total. The molecule has 142 valence electrons. The molecule has 0 bridgehead atoms. The zero-order chi connectivity index (χ0) is 19.5. The number of aryl methyl sites for hydroxylation is 1. The van der Waals surface area contributed by atoms with Crippen LogP contribution in [0.1, 0.15) is 30.8 Å². The standard InChI is InChI=1S/C18H19N9O/c1-10-21-8-15(28-13-3-2-11(20)4-13)18(24-10)14-5-16(27-26-14)25-17-9-22-12(6-19)7-23-17/h5,7-9,11,13H,2-4,20H2,1H3,(H2,23,25,26,27)/t11-,13+/m0/s1. The highest BCUT2D eigenvalue weighted by atomic mass is 16.5. The van der Waals surface area contributed by atoms with Crippen LogP contribution in [0.4, 0.5) is 11.6 Å². The quantitative estimate of drug-likeness (QED) is 0.604. The number of anilines is 2. The van der Waals surface area contributed by atoms with Crippen molar-refractivity contribution in [1.82, 2.24) is 30.1 Å². The van der Waals surface area contributed by atoms with Crippen LogP contribution in [0.3, 0.4) is 0 Å². The monoisotopic (exact) mass is 377 g/mol. The van der Waals surface area contributed by atoms with Crippen LogP contribution in [0.2, 0.25) is 0 Å². The molecular weight excluding hydrogens is 358 g/mol. The summed E-state index contributed by atoms with van der Waals surface area (Å²) < 4.78 is 6.11. The van der Waals surface area contributed by atoms with Crippen LogP contribution >= 0.6 is 0 Å². The Morgan fingerprint density at radius 1 is 1.21 bits per heavy atom. The van der Waals surface area contributed by atoms with E-state index in [-0.39, 0.29) is 17.8 Å². The van der Waals surface area contributed by atoms with Gasteiger partial charge in [-0.3, -0.25) is 5.10 Å². The number of hydrogen-bond acceptors (Lipinski definition) is 9. The van der Waals surface area contributed by atoms with Crippen molar-refractivity contribution in [2.24, 2.45) is 5.73 Å². The number of aromatic nitrogens is 6. The van der Waals surface area contributed by atoms with Crippen molar-refractivity contribution in [2.75, 3.05) is 5.32 Å². The molecule has 0 radical (unpaired) electrons. The molecule has 28 heavy (non-hydrogen) atoms. The van der Waals surface area contributed by atoms with Gasteiger partial charge in [-0.05, 0) is 26.2 Å². The molecule has 1 fully saturated rings. The molecule has 10 heteroatoms. The third-order valence-electron chi connectivity index (χ3n) is 4.45. The molecule has 0 aromatic carbocycles. The fraction of sp³-hybridized carbons (Fsp3) is 0.333. The largest absolute Gasteiger partial charge is 0.486 e. The Morgan fingerprint density at radius 3 is 2.82 bits per heavy atom. The van der Waals surface area contributed by atoms with Gasteiger partial charge >= 0.3 is 0 Å². The average Bonchev–Trinajstić information content (AvgIpc) is 3.33. The third kappa shape index (κ3) is 3.89. The minimum Gasteiger partial charge on any atom is -0.486 e. The molecule has 3 heterocycles. The fourth-order valence-electron chi connectivity index (χ4n) is 3.09. The van der Waals surface area contributed by atoms with E-state index < -0.39 is 0 Å². The van der Waals surface area contributed by atoms with Crippen LogP contribution < -0.4 is 15.8 Å². The van der Waals surface area contributed by atoms with Crippen molar-refractivity contribution in [3.63, 3.8) is 0 Å². The highest BCUT2D eigenvalue weighted by Gasteiger charge is 2.25. The lowest BCUT2D eigenvalue weighted by Crippen LogP contribution is -2.19. The summed E-state index contributed by atoms with van der Waals surface area (Å²) in [6.45, 7) is 1.82. The van der Waals surface area contributed by atoms with E-state index in [1.165, 1.54) is 12.4 Å². The average molecular weight is 377 g/mol. The second kappa shape index (κ2) is 7.58. The van der Waals surface area contributed by atoms with E-state index in [4.69, 9.17) is 15.7 Å². The lowest BCUT2D eigenvalue weighted by Gasteiger charge is -2.15. The van der Waals surface area contributed by atoms with Crippen LogP contribution in [0.5, 0.6) is 5.75 Å². The van der Waals surface area contributed by atoms with E-state index in [1.807, 2.05) is 13.0 Å². The summed E-state index contributed by atoms with van der Waals surface area (Å²) in [6.07, 6.45) is 7.30.